The van der Waals surface area contributed by atoms with Crippen molar-refractivity contribution in [2.24, 2.45) is 5.73 Å². The number of nitrogens with two attached hydrogens (primary N) is 1. The normalized spacial score (nSPS) is 34.1. The number of halogens is 1. The van der Waals surface area contributed by atoms with Gasteiger partial charge in [0, 0.05) is 10.1 Å². The van der Waals surface area contributed by atoms with Crippen LogP contribution in [0.4, 0.5) is 4.39 Å². The van der Waals surface area contributed by atoms with Crippen LogP contribution in [-0.2, 0) is 16.3 Å². The summed E-state index contributed by atoms with van der Waals surface area (Å²) in [4.78, 5) is 12.9. The van der Waals surface area contributed by atoms with E-state index in [9.17, 15) is 9.18 Å². The fourth-order valence-electron chi connectivity index (χ4n) is 7.02. The first-order chi connectivity index (χ1) is 11.5. The molecule has 1 heterocycles. The Morgan fingerprint density at radius 2 is 1.84 bits per heavy atom. The molecule has 1 saturated carbocycles. The maximum absolute atomic E-state index is 14.5. The number of fused-ring (bicyclic) bond motifs is 2. The molecule has 3 aliphatic rings. The molecule has 0 radical (unpaired) electrons. The Morgan fingerprint density at radius 1 is 1.16 bits per heavy atom. The Hall–Kier alpha value is -1.21. The van der Waals surface area contributed by atoms with Gasteiger partial charge in [-0.2, -0.15) is 0 Å². The number of carbonyl (C=O) groups is 1. The molecule has 1 aromatic carbocycles. The SMILES string of the molecule is CC1=Cc2c(C34CCCC3(C(N)=O)[Si](C)(C)[Si]4(C)C)ccc(F)c2C1. The standard InChI is InChI=1S/C20H28FNOSi2/c1-13-11-14-15(12-13)17(21)8-7-16(14)19-9-6-10-20(19,18(22)23)25(4,5)24(19,2)3/h7-8,11H,6,9-10,12H2,1-5H3,(H2,22,23). The lowest BCUT2D eigenvalue weighted by atomic mass is 9.82. The average Bonchev–Trinajstić information content (AvgIpc) is 3.09. The summed E-state index contributed by atoms with van der Waals surface area (Å²) in [6.45, 7) is 11.8. The second kappa shape index (κ2) is 4.74. The maximum Gasteiger partial charge on any atom is 0.221 e. The molecule has 5 heteroatoms. The van der Waals surface area contributed by atoms with Crippen LogP contribution in [0.3, 0.4) is 0 Å². The van der Waals surface area contributed by atoms with Crippen LogP contribution in [0.25, 0.3) is 6.08 Å². The number of carbonyl (C=O) groups excluding carboxylic acids is 1. The van der Waals surface area contributed by atoms with Gasteiger partial charge in [0.25, 0.3) is 0 Å². The van der Waals surface area contributed by atoms with Crippen molar-refractivity contribution in [1.29, 1.82) is 0 Å². The first-order valence-electron chi connectivity index (χ1n) is 9.33. The summed E-state index contributed by atoms with van der Waals surface area (Å²) in [5, 5.41) is -0.466. The Labute approximate surface area is 151 Å². The monoisotopic (exact) mass is 373 g/mol. The Bertz CT molecular complexity index is 844. The van der Waals surface area contributed by atoms with E-state index >= 15 is 0 Å². The van der Waals surface area contributed by atoms with E-state index in [0.29, 0.717) is 6.42 Å². The van der Waals surface area contributed by atoms with Gasteiger partial charge in [-0.25, -0.2) is 4.39 Å². The van der Waals surface area contributed by atoms with Crippen LogP contribution < -0.4 is 5.73 Å². The fourth-order valence-corrected chi connectivity index (χ4v) is 25.1. The van der Waals surface area contributed by atoms with Crippen molar-refractivity contribution in [3.8, 4) is 0 Å². The first kappa shape index (κ1) is 17.2. The quantitative estimate of drug-likeness (QED) is 0.763. The van der Waals surface area contributed by atoms with Gasteiger partial charge in [0.05, 0.1) is 15.2 Å². The maximum atomic E-state index is 14.5. The predicted octanol–water partition coefficient (Wildman–Crippen LogP) is 4.48. The summed E-state index contributed by atoms with van der Waals surface area (Å²) >= 11 is 0. The van der Waals surface area contributed by atoms with Gasteiger partial charge in [0.1, 0.15) is 5.82 Å². The van der Waals surface area contributed by atoms with Crippen LogP contribution in [0.2, 0.25) is 31.2 Å². The lowest BCUT2D eigenvalue weighted by Gasteiger charge is -2.74. The zero-order valence-electron chi connectivity index (χ0n) is 15.9. The molecule has 1 amide bonds. The molecule has 2 atom stereocenters. The van der Waals surface area contributed by atoms with Crippen LogP contribution in [-0.4, -0.2) is 21.1 Å². The first-order valence-corrected chi connectivity index (χ1v) is 16.3. The minimum absolute atomic E-state index is 0.0923. The molecule has 0 spiro atoms. The second-order valence-electron chi connectivity index (χ2n) is 9.43. The van der Waals surface area contributed by atoms with Crippen molar-refractivity contribution < 1.29 is 9.18 Å². The lowest BCUT2D eigenvalue weighted by Crippen LogP contribution is -2.89. The van der Waals surface area contributed by atoms with Crippen LogP contribution >= 0.6 is 0 Å². The zero-order valence-corrected chi connectivity index (χ0v) is 17.9. The number of allylic oxidation sites excluding steroid dienone is 1. The van der Waals surface area contributed by atoms with Crippen LogP contribution in [0, 0.1) is 5.82 Å². The molecule has 1 aromatic rings. The number of hydrogen-bond acceptors (Lipinski definition) is 1. The van der Waals surface area contributed by atoms with Gasteiger partial charge in [0.15, 0.2) is 0 Å². The molecule has 4 rings (SSSR count). The van der Waals surface area contributed by atoms with E-state index in [2.05, 4.69) is 39.2 Å². The number of hydrogen-bond donors (Lipinski definition) is 1. The summed E-state index contributed by atoms with van der Waals surface area (Å²) in [7, 11) is -3.52. The number of rotatable bonds is 2. The summed E-state index contributed by atoms with van der Waals surface area (Å²) < 4.78 is 14.5. The van der Waals surface area contributed by atoms with Gasteiger partial charge in [-0.05, 0) is 48.9 Å². The molecule has 25 heavy (non-hydrogen) atoms. The van der Waals surface area contributed by atoms with Crippen molar-refractivity contribution in [1.82, 2.24) is 0 Å². The van der Waals surface area contributed by atoms with E-state index in [-0.39, 0.29) is 21.8 Å². The van der Waals surface area contributed by atoms with Crippen molar-refractivity contribution in [3.05, 3.63) is 40.2 Å². The topological polar surface area (TPSA) is 43.1 Å². The van der Waals surface area contributed by atoms with E-state index < -0.39 is 15.2 Å². The van der Waals surface area contributed by atoms with Crippen LogP contribution in [0.15, 0.2) is 17.7 Å². The third-order valence-corrected chi connectivity index (χ3v) is 30.0. The summed E-state index contributed by atoms with van der Waals surface area (Å²) in [5.41, 5.74) is 10.5. The van der Waals surface area contributed by atoms with Gasteiger partial charge in [0.2, 0.25) is 5.91 Å². The number of primary amides is 1. The molecule has 1 aliphatic heterocycles. The average molecular weight is 374 g/mol. The second-order valence-corrected chi connectivity index (χ2v) is 25.1. The predicted molar refractivity (Wildman–Crippen MR) is 106 cm³/mol. The van der Waals surface area contributed by atoms with Gasteiger partial charge in [-0.1, -0.05) is 50.3 Å². The molecule has 2 nitrogen and oxygen atoms in total. The molecule has 2 fully saturated rings. The van der Waals surface area contributed by atoms with Crippen LogP contribution in [0.1, 0.15) is 42.9 Å². The van der Waals surface area contributed by atoms with Crippen LogP contribution in [0.5, 0.6) is 0 Å². The molecular formula is C20H28FNOSi2. The van der Waals surface area contributed by atoms with E-state index in [1.54, 1.807) is 6.07 Å². The third kappa shape index (κ3) is 1.55. The Balaban J connectivity index is 2.06. The smallest absolute Gasteiger partial charge is 0.221 e. The van der Waals surface area contributed by atoms with E-state index in [1.807, 2.05) is 6.07 Å². The zero-order chi connectivity index (χ0) is 18.4. The van der Waals surface area contributed by atoms with Crippen molar-refractivity contribution in [2.45, 2.75) is 68.9 Å². The lowest BCUT2D eigenvalue weighted by molar-refractivity contribution is -0.122. The Morgan fingerprint density at radius 3 is 2.48 bits per heavy atom. The highest BCUT2D eigenvalue weighted by atomic mass is 29.3. The van der Waals surface area contributed by atoms with Gasteiger partial charge >= 0.3 is 0 Å². The Kier molecular flexibility index (Phi) is 3.26. The summed E-state index contributed by atoms with van der Waals surface area (Å²) in [5.74, 6) is -0.202. The van der Waals surface area contributed by atoms with Crippen molar-refractivity contribution >= 4 is 27.2 Å². The molecule has 0 bridgehead atoms. The number of amides is 1. The van der Waals surface area contributed by atoms with Crippen molar-refractivity contribution in [2.75, 3.05) is 0 Å². The third-order valence-electron chi connectivity index (χ3n) is 8.56. The highest BCUT2D eigenvalue weighted by Crippen LogP contribution is 2.78. The molecule has 2 aliphatic carbocycles. The highest BCUT2D eigenvalue weighted by molar-refractivity contribution is 7.48. The van der Waals surface area contributed by atoms with E-state index in [4.69, 9.17) is 5.73 Å². The summed E-state index contributed by atoms with van der Waals surface area (Å²) in [6, 6.07) is 3.63. The van der Waals surface area contributed by atoms with E-state index in [1.165, 1.54) is 11.1 Å². The minimum atomic E-state index is -1.79. The van der Waals surface area contributed by atoms with Crippen molar-refractivity contribution in [3.63, 3.8) is 0 Å². The number of benzene rings is 1. The molecule has 2 N–H and O–H groups in total. The van der Waals surface area contributed by atoms with E-state index in [0.717, 1.165) is 30.4 Å². The molecule has 0 aromatic heterocycles. The van der Waals surface area contributed by atoms with Gasteiger partial charge in [-0.15, -0.1) is 0 Å². The molecule has 2 unspecified atom stereocenters. The van der Waals surface area contributed by atoms with Gasteiger partial charge in [-0.3, -0.25) is 4.79 Å². The largest absolute Gasteiger partial charge is 0.369 e. The summed E-state index contributed by atoms with van der Waals surface area (Å²) in [6.07, 6.45) is 5.87. The minimum Gasteiger partial charge on any atom is -0.369 e. The molecule has 1 saturated heterocycles. The molecule has 134 valence electrons. The fraction of sp³-hybridized carbons (Fsp3) is 0.550. The highest BCUT2D eigenvalue weighted by Gasteiger charge is 2.85. The molecular weight excluding hydrogens is 345 g/mol. The van der Waals surface area contributed by atoms with Gasteiger partial charge < -0.3 is 5.73 Å².